The molecule has 1 unspecified atom stereocenters. The quantitative estimate of drug-likeness (QED) is 0.721. The van der Waals surface area contributed by atoms with Crippen LogP contribution in [0.1, 0.15) is 43.5 Å². The zero-order chi connectivity index (χ0) is 11.3. The maximum atomic E-state index is 11.8. The minimum atomic E-state index is 0.253. The molecule has 0 saturated heterocycles. The van der Waals surface area contributed by atoms with E-state index in [1.165, 1.54) is 0 Å². The van der Waals surface area contributed by atoms with Crippen molar-refractivity contribution in [3.8, 4) is 0 Å². The highest BCUT2D eigenvalue weighted by Crippen LogP contribution is 2.16. The molecule has 1 nitrogen and oxygen atoms in total. The molecule has 15 heavy (non-hydrogen) atoms. The van der Waals surface area contributed by atoms with Gasteiger partial charge in [0.15, 0.2) is 5.78 Å². The number of ketones is 1. The van der Waals surface area contributed by atoms with Gasteiger partial charge in [-0.2, -0.15) is 0 Å². The van der Waals surface area contributed by atoms with Crippen LogP contribution in [0.5, 0.6) is 0 Å². The number of hydrogen-bond donors (Lipinski definition) is 0. The maximum Gasteiger partial charge on any atom is 0.163 e. The third-order valence-electron chi connectivity index (χ3n) is 2.48. The number of hydrogen-bond acceptors (Lipinski definition) is 1. The van der Waals surface area contributed by atoms with Crippen LogP contribution in [0.3, 0.4) is 0 Å². The Labute approximate surface area is 100 Å². The molecule has 2 heteroatoms. The monoisotopic (exact) mass is 268 g/mol. The Hall–Kier alpha value is -0.630. The Bertz CT molecular complexity index is 316. The summed E-state index contributed by atoms with van der Waals surface area (Å²) in [4.78, 5) is 11.8. The van der Waals surface area contributed by atoms with Crippen LogP contribution in [0, 0.1) is 5.92 Å². The number of carbonyl (C=O) groups excluding carboxylic acids is 1. The SMILES string of the molecule is CCCC(C)CC(=O)c1ccc(Br)cc1. The van der Waals surface area contributed by atoms with E-state index in [9.17, 15) is 4.79 Å². The third kappa shape index (κ3) is 4.17. The molecule has 1 aromatic carbocycles. The second kappa shape index (κ2) is 6.06. The van der Waals surface area contributed by atoms with E-state index in [1.807, 2.05) is 24.3 Å². The summed E-state index contributed by atoms with van der Waals surface area (Å²) in [5, 5.41) is 0. The molecule has 0 bridgehead atoms. The van der Waals surface area contributed by atoms with Gasteiger partial charge in [-0.3, -0.25) is 4.79 Å². The molecule has 82 valence electrons. The van der Waals surface area contributed by atoms with Crippen molar-refractivity contribution in [1.82, 2.24) is 0 Å². The Balaban J connectivity index is 2.57. The van der Waals surface area contributed by atoms with Crippen LogP contribution in [0.2, 0.25) is 0 Å². The van der Waals surface area contributed by atoms with Crippen molar-refractivity contribution in [2.45, 2.75) is 33.1 Å². The largest absolute Gasteiger partial charge is 0.294 e. The van der Waals surface area contributed by atoms with Crippen molar-refractivity contribution in [3.63, 3.8) is 0 Å². The third-order valence-corrected chi connectivity index (χ3v) is 3.01. The van der Waals surface area contributed by atoms with Gasteiger partial charge in [0.25, 0.3) is 0 Å². The van der Waals surface area contributed by atoms with Crippen molar-refractivity contribution in [3.05, 3.63) is 34.3 Å². The average Bonchev–Trinajstić information content (AvgIpc) is 2.18. The van der Waals surface area contributed by atoms with Crippen molar-refractivity contribution in [1.29, 1.82) is 0 Å². The van der Waals surface area contributed by atoms with Gasteiger partial charge in [0.05, 0.1) is 0 Å². The lowest BCUT2D eigenvalue weighted by Crippen LogP contribution is -2.05. The topological polar surface area (TPSA) is 17.1 Å². The van der Waals surface area contributed by atoms with E-state index in [1.54, 1.807) is 0 Å². The fraction of sp³-hybridized carbons (Fsp3) is 0.462. The summed E-state index contributed by atoms with van der Waals surface area (Å²) < 4.78 is 1.01. The number of carbonyl (C=O) groups is 1. The van der Waals surface area contributed by atoms with Gasteiger partial charge >= 0.3 is 0 Å². The van der Waals surface area contributed by atoms with Crippen LogP contribution in [-0.4, -0.2) is 5.78 Å². The van der Waals surface area contributed by atoms with E-state index in [0.717, 1.165) is 22.9 Å². The van der Waals surface area contributed by atoms with Crippen LogP contribution in [0.25, 0.3) is 0 Å². The molecule has 0 heterocycles. The Morgan fingerprint density at radius 3 is 2.47 bits per heavy atom. The summed E-state index contributed by atoms with van der Waals surface area (Å²) >= 11 is 3.36. The Morgan fingerprint density at radius 2 is 1.93 bits per heavy atom. The molecule has 1 aromatic rings. The molecule has 0 saturated carbocycles. The van der Waals surface area contributed by atoms with Crippen LogP contribution < -0.4 is 0 Å². The lowest BCUT2D eigenvalue weighted by Gasteiger charge is -2.08. The Kier molecular flexibility index (Phi) is 5.03. The van der Waals surface area contributed by atoms with Gasteiger partial charge in [-0.25, -0.2) is 0 Å². The fourth-order valence-electron chi connectivity index (χ4n) is 1.66. The molecule has 0 aliphatic heterocycles. The first kappa shape index (κ1) is 12.4. The van der Waals surface area contributed by atoms with Crippen LogP contribution in [-0.2, 0) is 0 Å². The van der Waals surface area contributed by atoms with Gasteiger partial charge in [0.1, 0.15) is 0 Å². The molecule has 0 amide bonds. The Morgan fingerprint density at radius 1 is 1.33 bits per heavy atom. The molecule has 0 aliphatic carbocycles. The van der Waals surface area contributed by atoms with E-state index in [2.05, 4.69) is 29.8 Å². The highest BCUT2D eigenvalue weighted by molar-refractivity contribution is 9.10. The second-order valence-corrected chi connectivity index (χ2v) is 4.94. The molecule has 0 aromatic heterocycles. The molecule has 0 fully saturated rings. The van der Waals surface area contributed by atoms with E-state index in [4.69, 9.17) is 0 Å². The van der Waals surface area contributed by atoms with E-state index >= 15 is 0 Å². The van der Waals surface area contributed by atoms with E-state index in [0.29, 0.717) is 12.3 Å². The van der Waals surface area contributed by atoms with Gasteiger partial charge in [0.2, 0.25) is 0 Å². The van der Waals surface area contributed by atoms with Gasteiger partial charge < -0.3 is 0 Å². The van der Waals surface area contributed by atoms with Crippen LogP contribution >= 0.6 is 15.9 Å². The van der Waals surface area contributed by atoms with Gasteiger partial charge in [-0.1, -0.05) is 54.8 Å². The first-order chi connectivity index (χ1) is 7.13. The first-order valence-electron chi connectivity index (χ1n) is 5.42. The van der Waals surface area contributed by atoms with Crippen molar-refractivity contribution < 1.29 is 4.79 Å². The first-order valence-corrected chi connectivity index (χ1v) is 6.21. The maximum absolute atomic E-state index is 11.8. The number of benzene rings is 1. The molecule has 0 aliphatic rings. The average molecular weight is 269 g/mol. The summed E-state index contributed by atoms with van der Waals surface area (Å²) in [6, 6.07) is 7.59. The van der Waals surface area contributed by atoms with Gasteiger partial charge in [-0.15, -0.1) is 0 Å². The molecular weight excluding hydrogens is 252 g/mol. The standard InChI is InChI=1S/C13H17BrO/c1-3-4-10(2)9-13(15)11-5-7-12(14)8-6-11/h5-8,10H,3-4,9H2,1-2H3. The normalized spacial score (nSPS) is 12.5. The zero-order valence-electron chi connectivity index (χ0n) is 9.29. The van der Waals surface area contributed by atoms with Gasteiger partial charge in [-0.05, 0) is 18.1 Å². The molecular formula is C13H17BrO. The predicted molar refractivity (Wildman–Crippen MR) is 67.2 cm³/mol. The van der Waals surface area contributed by atoms with E-state index < -0.39 is 0 Å². The molecule has 0 radical (unpaired) electrons. The minimum Gasteiger partial charge on any atom is -0.294 e. The fourth-order valence-corrected chi connectivity index (χ4v) is 1.93. The lowest BCUT2D eigenvalue weighted by molar-refractivity contribution is 0.0962. The molecule has 1 rings (SSSR count). The summed E-state index contributed by atoms with van der Waals surface area (Å²) in [5.41, 5.74) is 0.821. The highest BCUT2D eigenvalue weighted by Gasteiger charge is 2.10. The van der Waals surface area contributed by atoms with Crippen LogP contribution in [0.4, 0.5) is 0 Å². The lowest BCUT2D eigenvalue weighted by atomic mass is 9.96. The van der Waals surface area contributed by atoms with Crippen molar-refractivity contribution in [2.24, 2.45) is 5.92 Å². The summed E-state index contributed by atoms with van der Waals surface area (Å²) in [6.45, 7) is 4.29. The molecule has 0 N–H and O–H groups in total. The zero-order valence-corrected chi connectivity index (χ0v) is 10.9. The second-order valence-electron chi connectivity index (χ2n) is 4.03. The van der Waals surface area contributed by atoms with Gasteiger partial charge in [0, 0.05) is 16.5 Å². The predicted octanol–water partition coefficient (Wildman–Crippen LogP) is 4.46. The number of halogens is 1. The highest BCUT2D eigenvalue weighted by atomic mass is 79.9. The number of rotatable bonds is 5. The summed E-state index contributed by atoms with van der Waals surface area (Å²) in [5.74, 6) is 0.745. The minimum absolute atomic E-state index is 0.253. The molecule has 1 atom stereocenters. The van der Waals surface area contributed by atoms with Crippen molar-refractivity contribution in [2.75, 3.05) is 0 Å². The smallest absolute Gasteiger partial charge is 0.163 e. The summed E-state index contributed by atoms with van der Waals surface area (Å²) in [6.07, 6.45) is 2.94. The molecule has 0 spiro atoms. The van der Waals surface area contributed by atoms with E-state index in [-0.39, 0.29) is 5.78 Å². The summed E-state index contributed by atoms with van der Waals surface area (Å²) in [7, 11) is 0. The number of Topliss-reactive ketones (excluding diaryl/α,β-unsaturated/α-hetero) is 1. The van der Waals surface area contributed by atoms with Crippen LogP contribution in [0.15, 0.2) is 28.7 Å². The van der Waals surface area contributed by atoms with Crippen molar-refractivity contribution >= 4 is 21.7 Å².